The summed E-state index contributed by atoms with van der Waals surface area (Å²) >= 11 is 0. The second-order valence-corrected chi connectivity index (χ2v) is 3.79. The number of carbonyl (C=O) groups excluding carboxylic acids is 2. The molecule has 0 bridgehead atoms. The molecule has 0 N–H and O–H groups in total. The number of hydrogen-bond acceptors (Lipinski definition) is 4. The Hall–Kier alpha value is -0.900. The average molecular weight is 216 g/mol. The van der Waals surface area contributed by atoms with Gasteiger partial charge in [-0.05, 0) is 12.3 Å². The summed E-state index contributed by atoms with van der Waals surface area (Å²) in [6.07, 6.45) is -0.0907. The maximum absolute atomic E-state index is 11.9. The van der Waals surface area contributed by atoms with Gasteiger partial charge in [0, 0.05) is 7.11 Å². The van der Waals surface area contributed by atoms with Gasteiger partial charge in [-0.2, -0.15) is 0 Å². The first-order valence-corrected chi connectivity index (χ1v) is 5.13. The number of Topliss-reactive ketones (excluding diaryl/α,β-unsaturated/α-hetero) is 1. The molecule has 15 heavy (non-hydrogen) atoms. The SMILES string of the molecule is CCC(C(=O)OC)C(=O)C(OC)C(C)C. The summed E-state index contributed by atoms with van der Waals surface area (Å²) in [5.74, 6) is -1.32. The van der Waals surface area contributed by atoms with E-state index in [1.165, 1.54) is 14.2 Å². The maximum Gasteiger partial charge on any atom is 0.316 e. The Balaban J connectivity index is 4.69. The predicted molar refractivity (Wildman–Crippen MR) is 56.4 cm³/mol. The molecule has 0 aromatic carbocycles. The van der Waals surface area contributed by atoms with Crippen LogP contribution >= 0.6 is 0 Å². The quantitative estimate of drug-likeness (QED) is 0.498. The molecule has 0 saturated heterocycles. The minimum Gasteiger partial charge on any atom is -0.468 e. The molecule has 0 aromatic heterocycles. The third kappa shape index (κ3) is 3.63. The maximum atomic E-state index is 11.9. The lowest BCUT2D eigenvalue weighted by molar-refractivity contribution is -0.153. The second kappa shape index (κ2) is 6.56. The van der Waals surface area contributed by atoms with Gasteiger partial charge in [-0.1, -0.05) is 20.8 Å². The van der Waals surface area contributed by atoms with Crippen molar-refractivity contribution < 1.29 is 19.1 Å². The van der Waals surface area contributed by atoms with Gasteiger partial charge in [-0.25, -0.2) is 0 Å². The van der Waals surface area contributed by atoms with Gasteiger partial charge >= 0.3 is 5.97 Å². The van der Waals surface area contributed by atoms with Crippen molar-refractivity contribution in [1.82, 2.24) is 0 Å². The van der Waals surface area contributed by atoms with Crippen LogP contribution in [0.2, 0.25) is 0 Å². The lowest BCUT2D eigenvalue weighted by Gasteiger charge is -2.21. The van der Waals surface area contributed by atoms with Crippen LogP contribution in [0.25, 0.3) is 0 Å². The molecule has 0 heterocycles. The van der Waals surface area contributed by atoms with Crippen LogP contribution < -0.4 is 0 Å². The molecule has 0 spiro atoms. The fourth-order valence-electron chi connectivity index (χ4n) is 1.54. The number of ketones is 1. The zero-order chi connectivity index (χ0) is 12.0. The summed E-state index contributed by atoms with van der Waals surface area (Å²) in [4.78, 5) is 23.3. The Labute approximate surface area is 90.9 Å². The van der Waals surface area contributed by atoms with Crippen molar-refractivity contribution in [2.45, 2.75) is 33.3 Å². The largest absolute Gasteiger partial charge is 0.468 e. The molecule has 0 aliphatic carbocycles. The van der Waals surface area contributed by atoms with E-state index in [9.17, 15) is 9.59 Å². The molecule has 0 aliphatic rings. The summed E-state index contributed by atoms with van der Waals surface area (Å²) in [7, 11) is 2.77. The van der Waals surface area contributed by atoms with E-state index in [1.54, 1.807) is 6.92 Å². The molecule has 0 rings (SSSR count). The fraction of sp³-hybridized carbons (Fsp3) is 0.818. The monoisotopic (exact) mass is 216 g/mol. The average Bonchev–Trinajstić information content (AvgIpc) is 2.19. The van der Waals surface area contributed by atoms with Crippen molar-refractivity contribution in [3.8, 4) is 0 Å². The Morgan fingerprint density at radius 1 is 1.20 bits per heavy atom. The Kier molecular flexibility index (Phi) is 6.17. The number of hydrogen-bond donors (Lipinski definition) is 0. The van der Waals surface area contributed by atoms with E-state index < -0.39 is 18.0 Å². The molecular weight excluding hydrogens is 196 g/mol. The summed E-state index contributed by atoms with van der Waals surface area (Å²) in [5.41, 5.74) is 0. The van der Waals surface area contributed by atoms with E-state index in [4.69, 9.17) is 4.74 Å². The Morgan fingerprint density at radius 3 is 2.00 bits per heavy atom. The highest BCUT2D eigenvalue weighted by molar-refractivity contribution is 6.01. The molecule has 4 nitrogen and oxygen atoms in total. The summed E-state index contributed by atoms with van der Waals surface area (Å²) in [6.45, 7) is 5.55. The van der Waals surface area contributed by atoms with Crippen LogP contribution in [0, 0.1) is 11.8 Å². The molecule has 0 amide bonds. The molecule has 2 atom stereocenters. The number of rotatable bonds is 6. The standard InChI is InChI=1S/C11H20O4/c1-6-8(11(13)15-5)9(12)10(14-4)7(2)3/h7-8,10H,6H2,1-5H3. The van der Waals surface area contributed by atoms with Crippen LogP contribution in [0.15, 0.2) is 0 Å². The zero-order valence-electron chi connectivity index (χ0n) is 10.1. The van der Waals surface area contributed by atoms with Crippen LogP contribution in [-0.4, -0.2) is 32.1 Å². The van der Waals surface area contributed by atoms with Gasteiger partial charge in [0.25, 0.3) is 0 Å². The topological polar surface area (TPSA) is 52.6 Å². The summed E-state index contributed by atoms with van der Waals surface area (Å²) < 4.78 is 9.68. The first kappa shape index (κ1) is 14.1. The zero-order valence-corrected chi connectivity index (χ0v) is 10.1. The van der Waals surface area contributed by atoms with Crippen molar-refractivity contribution in [3.63, 3.8) is 0 Å². The smallest absolute Gasteiger partial charge is 0.316 e. The van der Waals surface area contributed by atoms with Gasteiger partial charge in [-0.3, -0.25) is 9.59 Å². The number of ether oxygens (including phenoxy) is 2. The molecule has 88 valence electrons. The van der Waals surface area contributed by atoms with Crippen molar-refractivity contribution in [3.05, 3.63) is 0 Å². The normalized spacial score (nSPS) is 14.8. The van der Waals surface area contributed by atoms with Gasteiger partial charge in [0.2, 0.25) is 0 Å². The lowest BCUT2D eigenvalue weighted by Crippen LogP contribution is -2.37. The summed E-state index contributed by atoms with van der Waals surface area (Å²) in [5, 5.41) is 0. The molecule has 2 unspecified atom stereocenters. The van der Waals surface area contributed by atoms with Crippen LogP contribution in [0.1, 0.15) is 27.2 Å². The van der Waals surface area contributed by atoms with Crippen LogP contribution in [0.5, 0.6) is 0 Å². The first-order chi connectivity index (χ1) is 6.99. The highest BCUT2D eigenvalue weighted by atomic mass is 16.5. The summed E-state index contributed by atoms with van der Waals surface area (Å²) in [6, 6.07) is 0. The van der Waals surface area contributed by atoms with Crippen molar-refractivity contribution in [2.24, 2.45) is 11.8 Å². The van der Waals surface area contributed by atoms with E-state index in [2.05, 4.69) is 4.74 Å². The van der Waals surface area contributed by atoms with Crippen LogP contribution in [-0.2, 0) is 19.1 Å². The van der Waals surface area contributed by atoms with Crippen LogP contribution in [0.4, 0.5) is 0 Å². The van der Waals surface area contributed by atoms with Gasteiger partial charge < -0.3 is 9.47 Å². The van der Waals surface area contributed by atoms with Gasteiger partial charge in [0.05, 0.1) is 7.11 Å². The first-order valence-electron chi connectivity index (χ1n) is 5.13. The molecular formula is C11H20O4. The van der Waals surface area contributed by atoms with Crippen molar-refractivity contribution in [1.29, 1.82) is 0 Å². The van der Waals surface area contributed by atoms with Gasteiger partial charge in [0.1, 0.15) is 12.0 Å². The van der Waals surface area contributed by atoms with Gasteiger partial charge in [-0.15, -0.1) is 0 Å². The molecule has 0 radical (unpaired) electrons. The van der Waals surface area contributed by atoms with Crippen molar-refractivity contribution >= 4 is 11.8 Å². The van der Waals surface area contributed by atoms with E-state index in [1.807, 2.05) is 13.8 Å². The lowest BCUT2D eigenvalue weighted by atomic mass is 9.91. The minimum absolute atomic E-state index is 0.0567. The fourth-order valence-corrected chi connectivity index (χ4v) is 1.54. The molecule has 0 saturated carbocycles. The minimum atomic E-state index is -0.706. The third-order valence-corrected chi connectivity index (χ3v) is 2.38. The molecule has 0 fully saturated rings. The van der Waals surface area contributed by atoms with E-state index in [-0.39, 0.29) is 11.7 Å². The van der Waals surface area contributed by atoms with Gasteiger partial charge in [0.15, 0.2) is 5.78 Å². The highest BCUT2D eigenvalue weighted by Crippen LogP contribution is 2.16. The second-order valence-electron chi connectivity index (χ2n) is 3.79. The predicted octanol–water partition coefficient (Wildman–Crippen LogP) is 1.43. The van der Waals surface area contributed by atoms with E-state index in [0.29, 0.717) is 6.42 Å². The number of carbonyl (C=O) groups is 2. The number of methoxy groups -OCH3 is 2. The Bertz CT molecular complexity index is 223. The van der Waals surface area contributed by atoms with Crippen molar-refractivity contribution in [2.75, 3.05) is 14.2 Å². The highest BCUT2D eigenvalue weighted by Gasteiger charge is 2.33. The molecule has 0 aliphatic heterocycles. The third-order valence-electron chi connectivity index (χ3n) is 2.38. The molecule has 4 heteroatoms. The number of esters is 1. The van der Waals surface area contributed by atoms with E-state index >= 15 is 0 Å². The van der Waals surface area contributed by atoms with E-state index in [0.717, 1.165) is 0 Å². The Morgan fingerprint density at radius 2 is 1.73 bits per heavy atom. The molecule has 0 aromatic rings. The van der Waals surface area contributed by atoms with Crippen LogP contribution in [0.3, 0.4) is 0 Å².